The van der Waals surface area contributed by atoms with Gasteiger partial charge in [0.25, 0.3) is 5.91 Å². The number of carbonyl (C=O) groups is 2. The number of aliphatic hydroxyl groups is 1. The Kier molecular flexibility index (Phi) is 7.20. The van der Waals surface area contributed by atoms with Crippen molar-refractivity contribution in [1.82, 2.24) is 9.80 Å². The van der Waals surface area contributed by atoms with Crippen LogP contribution in [0.2, 0.25) is 0 Å². The van der Waals surface area contributed by atoms with Crippen LogP contribution in [0.25, 0.3) is 0 Å². The zero-order valence-electron chi connectivity index (χ0n) is 16.0. The molecule has 0 saturated heterocycles. The fraction of sp³-hybridized carbons (Fsp3) is 0.474. The molecule has 0 atom stereocenters. The number of anilines is 1. The summed E-state index contributed by atoms with van der Waals surface area (Å²) in [4.78, 5) is 28.2. The first-order valence-corrected chi connectivity index (χ1v) is 8.97. The highest BCUT2D eigenvalue weighted by Crippen LogP contribution is 2.27. The van der Waals surface area contributed by atoms with Crippen LogP contribution in [-0.2, 0) is 20.9 Å². The molecule has 0 radical (unpaired) electrons. The maximum Gasteiger partial charge on any atom is 0.337 e. The normalized spacial score (nSPS) is 14.3. The van der Waals surface area contributed by atoms with Crippen molar-refractivity contribution in [2.24, 2.45) is 0 Å². The Morgan fingerprint density at radius 2 is 2.04 bits per heavy atom. The van der Waals surface area contributed by atoms with Crippen molar-refractivity contribution in [2.45, 2.75) is 20.4 Å². The molecule has 1 aromatic carbocycles. The number of aromatic hydroxyl groups is 1. The Balaban J connectivity index is 2.30. The van der Waals surface area contributed by atoms with Crippen molar-refractivity contribution in [3.63, 3.8) is 0 Å². The van der Waals surface area contributed by atoms with Gasteiger partial charge in [-0.1, -0.05) is 13.8 Å². The molecule has 1 amide bonds. The predicted molar refractivity (Wildman–Crippen MR) is 101 cm³/mol. The second-order valence-electron chi connectivity index (χ2n) is 6.23. The fourth-order valence-electron chi connectivity index (χ4n) is 2.97. The Labute approximate surface area is 159 Å². The molecule has 27 heavy (non-hydrogen) atoms. The number of β-amino-alcohol motifs (C(OH)–C–C–N with tert-alkyl or cyclic N) is 1. The third-order valence-electron chi connectivity index (χ3n) is 4.59. The highest BCUT2D eigenvalue weighted by molar-refractivity contribution is 6.08. The number of hydrogen-bond donors (Lipinski definition) is 3. The fourth-order valence-corrected chi connectivity index (χ4v) is 2.97. The first kappa shape index (κ1) is 20.7. The van der Waals surface area contributed by atoms with E-state index in [1.165, 1.54) is 12.0 Å². The molecule has 1 aromatic rings. The van der Waals surface area contributed by atoms with Crippen LogP contribution in [0.15, 0.2) is 29.5 Å². The molecule has 0 aliphatic carbocycles. The molecule has 1 aliphatic heterocycles. The Hall–Kier alpha value is -2.58. The Morgan fingerprint density at radius 3 is 2.63 bits per heavy atom. The number of carbonyl (C=O) groups excluding carboxylic acids is 2. The smallest absolute Gasteiger partial charge is 0.337 e. The third kappa shape index (κ3) is 4.78. The van der Waals surface area contributed by atoms with Gasteiger partial charge in [-0.25, -0.2) is 4.79 Å². The van der Waals surface area contributed by atoms with E-state index in [0.29, 0.717) is 12.2 Å². The number of phenolic OH excluding ortho intramolecular Hbond substituents is 1. The van der Waals surface area contributed by atoms with E-state index in [-0.39, 0.29) is 42.6 Å². The van der Waals surface area contributed by atoms with Gasteiger partial charge in [0.05, 0.1) is 25.8 Å². The number of benzene rings is 1. The van der Waals surface area contributed by atoms with Crippen molar-refractivity contribution in [3.8, 4) is 5.75 Å². The summed E-state index contributed by atoms with van der Waals surface area (Å²) in [6.45, 7) is 6.38. The van der Waals surface area contributed by atoms with Crippen molar-refractivity contribution in [1.29, 1.82) is 0 Å². The van der Waals surface area contributed by atoms with Gasteiger partial charge in [0.2, 0.25) is 0 Å². The monoisotopic (exact) mass is 377 g/mol. The zero-order chi connectivity index (χ0) is 20.0. The molecule has 1 aliphatic rings. The first-order valence-electron chi connectivity index (χ1n) is 8.97. The van der Waals surface area contributed by atoms with Crippen LogP contribution in [0.4, 0.5) is 5.69 Å². The van der Waals surface area contributed by atoms with Gasteiger partial charge < -0.3 is 25.2 Å². The number of amides is 1. The second kappa shape index (κ2) is 9.38. The van der Waals surface area contributed by atoms with E-state index in [9.17, 15) is 14.7 Å². The lowest BCUT2D eigenvalue weighted by atomic mass is 10.1. The van der Waals surface area contributed by atoms with Gasteiger partial charge in [-0.2, -0.15) is 0 Å². The summed E-state index contributed by atoms with van der Waals surface area (Å²) in [5.74, 6) is -0.787. The van der Waals surface area contributed by atoms with E-state index in [1.807, 2.05) is 13.8 Å². The van der Waals surface area contributed by atoms with Crippen molar-refractivity contribution < 1.29 is 24.5 Å². The highest BCUT2D eigenvalue weighted by Gasteiger charge is 2.34. The average molecular weight is 377 g/mol. The molecular weight excluding hydrogens is 350 g/mol. The lowest BCUT2D eigenvalue weighted by Gasteiger charge is -2.19. The number of rotatable bonds is 9. The number of phenols is 1. The van der Waals surface area contributed by atoms with Gasteiger partial charge in [-0.3, -0.25) is 9.69 Å². The van der Waals surface area contributed by atoms with Gasteiger partial charge >= 0.3 is 5.97 Å². The van der Waals surface area contributed by atoms with Crippen molar-refractivity contribution in [2.75, 3.05) is 45.2 Å². The van der Waals surface area contributed by atoms with Crippen LogP contribution in [0.3, 0.4) is 0 Å². The molecule has 0 unspecified atom stereocenters. The number of aliphatic hydroxyl groups excluding tert-OH is 1. The number of nitrogens with zero attached hydrogens (tertiary/aromatic N) is 2. The molecule has 1 heterocycles. The number of methoxy groups -OCH3 is 1. The van der Waals surface area contributed by atoms with E-state index >= 15 is 0 Å². The molecule has 0 bridgehead atoms. The molecule has 148 valence electrons. The predicted octanol–water partition coefficient (Wildman–Crippen LogP) is 0.907. The van der Waals surface area contributed by atoms with Crippen LogP contribution >= 0.6 is 0 Å². The van der Waals surface area contributed by atoms with Crippen molar-refractivity contribution >= 4 is 17.6 Å². The molecule has 0 saturated carbocycles. The Morgan fingerprint density at radius 1 is 1.33 bits per heavy atom. The van der Waals surface area contributed by atoms with Crippen LogP contribution in [0, 0.1) is 0 Å². The third-order valence-corrected chi connectivity index (χ3v) is 4.59. The summed E-state index contributed by atoms with van der Waals surface area (Å²) in [5, 5.41) is 22.3. The number of ether oxygens (including phenoxy) is 1. The summed E-state index contributed by atoms with van der Waals surface area (Å²) >= 11 is 0. The maximum absolute atomic E-state index is 12.6. The van der Waals surface area contributed by atoms with Crippen LogP contribution in [0.1, 0.15) is 19.4 Å². The molecule has 3 N–H and O–H groups in total. The molecule has 8 heteroatoms. The Bertz CT molecular complexity index is 728. The second-order valence-corrected chi connectivity index (χ2v) is 6.23. The zero-order valence-corrected chi connectivity index (χ0v) is 16.0. The minimum absolute atomic E-state index is 0.0821. The summed E-state index contributed by atoms with van der Waals surface area (Å²) in [7, 11) is 1.26. The van der Waals surface area contributed by atoms with Crippen LogP contribution in [0.5, 0.6) is 5.75 Å². The number of esters is 1. The van der Waals surface area contributed by atoms with Crippen LogP contribution < -0.4 is 5.32 Å². The van der Waals surface area contributed by atoms with E-state index in [2.05, 4.69) is 10.2 Å². The molecule has 0 fully saturated rings. The lowest BCUT2D eigenvalue weighted by Crippen LogP contribution is -2.31. The standard InChI is InChI=1S/C19H27N3O5/c1-4-21(5-2)11-13-10-14(6-7-16(13)24)20-17-15(19(26)27-3)12-22(8-9-23)18(17)25/h6-7,10,20,23-24H,4-5,8-9,11-12H2,1-3H3. The quantitative estimate of drug-likeness (QED) is 0.434. The minimum atomic E-state index is -0.589. The number of nitrogens with one attached hydrogen (secondary N) is 1. The number of hydrogen-bond acceptors (Lipinski definition) is 7. The maximum atomic E-state index is 12.6. The molecule has 0 aromatic heterocycles. The largest absolute Gasteiger partial charge is 0.508 e. The topological polar surface area (TPSA) is 102 Å². The van der Waals surface area contributed by atoms with Gasteiger partial charge in [0, 0.05) is 24.3 Å². The lowest BCUT2D eigenvalue weighted by molar-refractivity contribution is -0.136. The first-order chi connectivity index (χ1) is 12.9. The van der Waals surface area contributed by atoms with Crippen molar-refractivity contribution in [3.05, 3.63) is 35.0 Å². The molecule has 8 nitrogen and oxygen atoms in total. The van der Waals surface area contributed by atoms with Crippen LogP contribution in [-0.4, -0.2) is 71.8 Å². The van der Waals surface area contributed by atoms with Gasteiger partial charge in [-0.15, -0.1) is 0 Å². The minimum Gasteiger partial charge on any atom is -0.508 e. The summed E-state index contributed by atoms with van der Waals surface area (Å²) in [6.07, 6.45) is 0. The molecule has 0 spiro atoms. The van der Waals surface area contributed by atoms with Gasteiger partial charge in [0.15, 0.2) is 0 Å². The molecule has 2 rings (SSSR count). The highest BCUT2D eigenvalue weighted by atomic mass is 16.5. The summed E-state index contributed by atoms with van der Waals surface area (Å²) in [5.41, 5.74) is 1.66. The van der Waals surface area contributed by atoms with E-state index < -0.39 is 5.97 Å². The van der Waals surface area contributed by atoms with E-state index in [4.69, 9.17) is 9.84 Å². The summed E-state index contributed by atoms with van der Waals surface area (Å²) in [6, 6.07) is 4.97. The summed E-state index contributed by atoms with van der Waals surface area (Å²) < 4.78 is 4.78. The SMILES string of the molecule is CCN(CC)Cc1cc(NC2=C(C(=O)OC)CN(CCO)C2=O)ccc1O. The van der Waals surface area contributed by atoms with Gasteiger partial charge in [-0.05, 0) is 31.3 Å². The average Bonchev–Trinajstić information content (AvgIpc) is 2.97. The van der Waals surface area contributed by atoms with E-state index in [1.54, 1.807) is 18.2 Å². The molecular formula is C19H27N3O5. The van der Waals surface area contributed by atoms with E-state index in [0.717, 1.165) is 18.7 Å². The van der Waals surface area contributed by atoms with Gasteiger partial charge in [0.1, 0.15) is 11.4 Å².